The summed E-state index contributed by atoms with van der Waals surface area (Å²) < 4.78 is 37.4. The van der Waals surface area contributed by atoms with Crippen LogP contribution in [0, 0.1) is 5.92 Å². The molecule has 132 valence electrons. The van der Waals surface area contributed by atoms with Gasteiger partial charge in [0.1, 0.15) is 0 Å². The van der Waals surface area contributed by atoms with Crippen molar-refractivity contribution >= 4 is 5.78 Å². The van der Waals surface area contributed by atoms with Gasteiger partial charge in [0.05, 0.1) is 12.8 Å². The maximum Gasteiger partial charge on any atom is 0.387 e. The molecule has 1 aromatic heterocycles. The Hall–Kier alpha value is -2.37. The van der Waals surface area contributed by atoms with Crippen molar-refractivity contribution in [3.63, 3.8) is 0 Å². The van der Waals surface area contributed by atoms with Crippen LogP contribution in [-0.2, 0) is 6.54 Å². The fourth-order valence-corrected chi connectivity index (χ4v) is 3.62. The van der Waals surface area contributed by atoms with Gasteiger partial charge in [0.15, 0.2) is 17.3 Å². The Morgan fingerprint density at radius 1 is 1.28 bits per heavy atom. The van der Waals surface area contributed by atoms with E-state index in [1.54, 1.807) is 12.1 Å². The second-order valence-corrected chi connectivity index (χ2v) is 6.74. The van der Waals surface area contributed by atoms with E-state index in [1.165, 1.54) is 7.11 Å². The lowest BCUT2D eigenvalue weighted by molar-refractivity contribution is -0.0512. The zero-order valence-electron chi connectivity index (χ0n) is 14.1. The molecular formula is C19H19F2NO3. The zero-order chi connectivity index (χ0) is 17.7. The average Bonchev–Trinajstić information content (AvgIpc) is 3.33. The first-order chi connectivity index (χ1) is 12.0. The normalized spacial score (nSPS) is 18.7. The number of ketones is 1. The van der Waals surface area contributed by atoms with E-state index < -0.39 is 6.61 Å². The molecule has 4 nitrogen and oxygen atoms in total. The van der Waals surface area contributed by atoms with Crippen LogP contribution >= 0.6 is 0 Å². The van der Waals surface area contributed by atoms with Gasteiger partial charge in [-0.05, 0) is 42.5 Å². The lowest BCUT2D eigenvalue weighted by Crippen LogP contribution is -2.17. The number of methoxy groups -OCH3 is 1. The molecule has 25 heavy (non-hydrogen) atoms. The van der Waals surface area contributed by atoms with Gasteiger partial charge in [-0.15, -0.1) is 0 Å². The van der Waals surface area contributed by atoms with Gasteiger partial charge >= 0.3 is 6.61 Å². The minimum Gasteiger partial charge on any atom is -0.493 e. The molecule has 1 atom stereocenters. The molecule has 1 aliphatic heterocycles. The number of carbonyl (C=O) groups excluding carboxylic acids is 1. The van der Waals surface area contributed by atoms with Crippen LogP contribution in [0.2, 0.25) is 0 Å². The summed E-state index contributed by atoms with van der Waals surface area (Å²) in [7, 11) is 1.43. The second-order valence-electron chi connectivity index (χ2n) is 6.74. The number of nitrogens with zero attached hydrogens (tertiary/aromatic N) is 1. The Balaban J connectivity index is 1.88. The van der Waals surface area contributed by atoms with Crippen LogP contribution in [-0.4, -0.2) is 24.1 Å². The first-order valence-corrected chi connectivity index (χ1v) is 8.40. The molecule has 2 heterocycles. The van der Waals surface area contributed by atoms with Crippen LogP contribution in [0.15, 0.2) is 24.4 Å². The number of alkyl halides is 2. The number of halogens is 2. The van der Waals surface area contributed by atoms with E-state index in [0.29, 0.717) is 5.56 Å². The molecule has 1 unspecified atom stereocenters. The summed E-state index contributed by atoms with van der Waals surface area (Å²) >= 11 is 0. The van der Waals surface area contributed by atoms with Crippen LogP contribution in [0.25, 0.3) is 11.3 Å². The lowest BCUT2D eigenvalue weighted by atomic mass is 9.88. The molecule has 0 saturated heterocycles. The van der Waals surface area contributed by atoms with Gasteiger partial charge < -0.3 is 14.0 Å². The molecule has 0 bridgehead atoms. The van der Waals surface area contributed by atoms with E-state index in [0.717, 1.165) is 36.2 Å². The van der Waals surface area contributed by atoms with E-state index in [-0.39, 0.29) is 29.1 Å². The Kier molecular flexibility index (Phi) is 3.78. The zero-order valence-corrected chi connectivity index (χ0v) is 14.1. The van der Waals surface area contributed by atoms with Crippen LogP contribution in [0.4, 0.5) is 8.78 Å². The largest absolute Gasteiger partial charge is 0.493 e. The number of carbonyl (C=O) groups is 1. The first-order valence-electron chi connectivity index (χ1n) is 8.40. The van der Waals surface area contributed by atoms with Gasteiger partial charge in [-0.1, -0.05) is 6.92 Å². The molecule has 0 N–H and O–H groups in total. The van der Waals surface area contributed by atoms with E-state index in [1.807, 2.05) is 16.8 Å². The maximum atomic E-state index is 12.8. The molecular weight excluding hydrogens is 328 g/mol. The van der Waals surface area contributed by atoms with Gasteiger partial charge in [0.25, 0.3) is 0 Å². The number of ether oxygens (including phenoxy) is 2. The Morgan fingerprint density at radius 3 is 2.68 bits per heavy atom. The van der Waals surface area contributed by atoms with E-state index >= 15 is 0 Å². The summed E-state index contributed by atoms with van der Waals surface area (Å²) in [4.78, 5) is 12.6. The molecule has 0 amide bonds. The van der Waals surface area contributed by atoms with Gasteiger partial charge in [0, 0.05) is 29.8 Å². The summed E-state index contributed by atoms with van der Waals surface area (Å²) in [5.41, 5.74) is 3.22. The molecule has 6 heteroatoms. The van der Waals surface area contributed by atoms with Crippen molar-refractivity contribution in [2.45, 2.75) is 38.8 Å². The van der Waals surface area contributed by atoms with Crippen molar-refractivity contribution in [1.82, 2.24) is 4.57 Å². The molecule has 0 radical (unpaired) electrons. The maximum absolute atomic E-state index is 12.8. The highest BCUT2D eigenvalue weighted by Gasteiger charge is 2.35. The Labute approximate surface area is 144 Å². The van der Waals surface area contributed by atoms with E-state index in [4.69, 9.17) is 4.74 Å². The Bertz CT molecular complexity index is 839. The van der Waals surface area contributed by atoms with Crippen LogP contribution < -0.4 is 9.47 Å². The molecule has 4 rings (SSSR count). The number of fused-ring (bicyclic) bond motifs is 3. The predicted octanol–water partition coefficient (Wildman–Crippen LogP) is 4.47. The highest BCUT2D eigenvalue weighted by atomic mass is 19.3. The van der Waals surface area contributed by atoms with Crippen molar-refractivity contribution in [2.24, 2.45) is 5.92 Å². The molecule has 1 aliphatic carbocycles. The van der Waals surface area contributed by atoms with Crippen molar-refractivity contribution in [1.29, 1.82) is 0 Å². The van der Waals surface area contributed by atoms with Crippen LogP contribution in [0.3, 0.4) is 0 Å². The van der Waals surface area contributed by atoms with Crippen molar-refractivity contribution in [3.05, 3.63) is 35.5 Å². The number of rotatable bonds is 5. The Morgan fingerprint density at radius 2 is 2.04 bits per heavy atom. The van der Waals surface area contributed by atoms with E-state index in [2.05, 4.69) is 11.7 Å². The molecule has 1 fully saturated rings. The first kappa shape index (κ1) is 16.1. The molecule has 1 aromatic carbocycles. The summed E-state index contributed by atoms with van der Waals surface area (Å²) in [6, 6.07) is 5.17. The quantitative estimate of drug-likeness (QED) is 0.749. The van der Waals surface area contributed by atoms with Crippen molar-refractivity contribution in [2.75, 3.05) is 7.11 Å². The standard InChI is InChI=1S/C19H19F2NO3/c1-10-9-22-6-5-12(18(23)11-3-4-11)17(22)14-8-16(25-19(20)21)15(24-2)7-13(10)14/h5-8,10-11,19H,3-4,9H2,1-2H3. The summed E-state index contributed by atoms with van der Waals surface area (Å²) in [5.74, 6) is 0.684. The fourth-order valence-electron chi connectivity index (χ4n) is 3.62. The number of hydrogen-bond acceptors (Lipinski definition) is 3. The van der Waals surface area contributed by atoms with Crippen LogP contribution in [0.1, 0.15) is 41.6 Å². The molecule has 2 aromatic rings. The predicted molar refractivity (Wildman–Crippen MR) is 88.5 cm³/mol. The third-order valence-corrected chi connectivity index (χ3v) is 4.99. The van der Waals surface area contributed by atoms with Gasteiger partial charge in [-0.2, -0.15) is 8.78 Å². The molecule has 0 spiro atoms. The number of benzene rings is 1. The number of hydrogen-bond donors (Lipinski definition) is 0. The number of Topliss-reactive ketones (excluding diaryl/α,β-unsaturated/α-hetero) is 1. The van der Waals surface area contributed by atoms with Gasteiger partial charge in [-0.3, -0.25) is 4.79 Å². The van der Waals surface area contributed by atoms with Crippen molar-refractivity contribution < 1.29 is 23.0 Å². The smallest absolute Gasteiger partial charge is 0.387 e. The lowest BCUT2D eigenvalue weighted by Gasteiger charge is -2.27. The van der Waals surface area contributed by atoms with Gasteiger partial charge in [0.2, 0.25) is 0 Å². The molecule has 1 saturated carbocycles. The average molecular weight is 347 g/mol. The van der Waals surface area contributed by atoms with E-state index in [9.17, 15) is 13.6 Å². The van der Waals surface area contributed by atoms with Crippen LogP contribution in [0.5, 0.6) is 11.5 Å². The minimum atomic E-state index is -2.94. The third-order valence-electron chi connectivity index (χ3n) is 4.99. The molecule has 2 aliphatic rings. The number of aromatic nitrogens is 1. The third kappa shape index (κ3) is 2.69. The van der Waals surface area contributed by atoms with Crippen molar-refractivity contribution in [3.8, 4) is 22.8 Å². The highest BCUT2D eigenvalue weighted by molar-refractivity contribution is 6.05. The second kappa shape index (κ2) is 5.86. The van der Waals surface area contributed by atoms with Gasteiger partial charge in [-0.25, -0.2) is 0 Å². The SMILES string of the molecule is COc1cc2c(cc1OC(F)F)-c1c(C(=O)C3CC3)ccn1CC2C. The fraction of sp³-hybridized carbons (Fsp3) is 0.421. The topological polar surface area (TPSA) is 40.5 Å². The summed E-state index contributed by atoms with van der Waals surface area (Å²) in [5, 5.41) is 0. The monoisotopic (exact) mass is 347 g/mol. The summed E-state index contributed by atoms with van der Waals surface area (Å²) in [6.45, 7) is -0.136. The minimum absolute atomic E-state index is 0.0112. The summed E-state index contributed by atoms with van der Waals surface area (Å²) in [6.07, 6.45) is 3.76. The highest BCUT2D eigenvalue weighted by Crippen LogP contribution is 2.45.